The van der Waals surface area contributed by atoms with Gasteiger partial charge in [-0.05, 0) is 16.5 Å². The number of carboxylic acids is 1. The molecule has 0 amide bonds. The van der Waals surface area contributed by atoms with Gasteiger partial charge in [0.25, 0.3) is 0 Å². The Bertz CT molecular complexity index is 424. The van der Waals surface area contributed by atoms with Gasteiger partial charge in [-0.2, -0.15) is 0 Å². The van der Waals surface area contributed by atoms with Crippen molar-refractivity contribution in [3.8, 4) is 0 Å². The number of rotatable bonds is 3. The second-order valence-electron chi connectivity index (χ2n) is 5.26. The van der Waals surface area contributed by atoms with E-state index >= 15 is 0 Å². The van der Waals surface area contributed by atoms with Crippen molar-refractivity contribution in [3.63, 3.8) is 0 Å². The molecule has 0 spiro atoms. The highest BCUT2D eigenvalue weighted by atomic mass is 16.4. The number of carbonyl (C=O) groups is 2. The fourth-order valence-corrected chi connectivity index (χ4v) is 1.61. The average molecular weight is 234 g/mol. The van der Waals surface area contributed by atoms with Gasteiger partial charge in [-0.25, -0.2) is 4.79 Å². The number of carbonyl (C=O) groups excluding carboxylic acids is 1. The van der Waals surface area contributed by atoms with Crippen LogP contribution in [0, 0.1) is 0 Å². The number of benzene rings is 1. The van der Waals surface area contributed by atoms with Crippen molar-refractivity contribution in [2.24, 2.45) is 0 Å². The smallest absolute Gasteiger partial charge is 0.372 e. The van der Waals surface area contributed by atoms with Gasteiger partial charge in [-0.1, -0.05) is 52.0 Å². The van der Waals surface area contributed by atoms with Crippen molar-refractivity contribution in [1.82, 2.24) is 0 Å². The van der Waals surface area contributed by atoms with E-state index in [2.05, 4.69) is 20.8 Å². The molecule has 1 atom stereocenters. The summed E-state index contributed by atoms with van der Waals surface area (Å²) in [4.78, 5) is 21.9. The second kappa shape index (κ2) is 4.70. The zero-order valence-electron chi connectivity index (χ0n) is 10.7. The largest absolute Gasteiger partial charge is 0.475 e. The van der Waals surface area contributed by atoms with Crippen LogP contribution in [0.2, 0.25) is 0 Å². The van der Waals surface area contributed by atoms with Crippen molar-refractivity contribution in [2.45, 2.75) is 39.0 Å². The molecule has 0 aliphatic rings. The van der Waals surface area contributed by atoms with Crippen LogP contribution in [0.3, 0.4) is 0 Å². The number of hydrogen-bond donors (Lipinski definition) is 1. The van der Waals surface area contributed by atoms with Gasteiger partial charge in [0.1, 0.15) is 0 Å². The van der Waals surface area contributed by atoms with E-state index in [9.17, 15) is 9.59 Å². The van der Waals surface area contributed by atoms with Crippen LogP contribution >= 0.6 is 0 Å². The standard InChI is InChI=1S/C14H18O3/c1-9(12(15)13(16)17)10-5-7-11(8-6-10)14(2,3)4/h5-9H,1-4H3,(H,16,17). The van der Waals surface area contributed by atoms with Crippen LogP contribution in [0.15, 0.2) is 24.3 Å². The zero-order chi connectivity index (χ0) is 13.2. The van der Waals surface area contributed by atoms with Gasteiger partial charge in [0.2, 0.25) is 5.78 Å². The number of hydrogen-bond acceptors (Lipinski definition) is 2. The molecule has 1 rings (SSSR count). The first-order valence-corrected chi connectivity index (χ1v) is 5.61. The Labute approximate surface area is 101 Å². The maximum absolute atomic E-state index is 11.3. The molecule has 0 aliphatic heterocycles. The van der Waals surface area contributed by atoms with Crippen molar-refractivity contribution in [2.75, 3.05) is 0 Å². The molecule has 1 unspecified atom stereocenters. The zero-order valence-corrected chi connectivity index (χ0v) is 10.7. The van der Waals surface area contributed by atoms with Crippen LogP contribution in [-0.4, -0.2) is 16.9 Å². The summed E-state index contributed by atoms with van der Waals surface area (Å²) in [7, 11) is 0. The predicted molar refractivity (Wildman–Crippen MR) is 66.2 cm³/mol. The molecule has 0 radical (unpaired) electrons. The van der Waals surface area contributed by atoms with E-state index in [0.29, 0.717) is 0 Å². The van der Waals surface area contributed by atoms with Crippen LogP contribution in [0.1, 0.15) is 44.7 Å². The Morgan fingerprint density at radius 2 is 1.59 bits per heavy atom. The molecule has 3 heteroatoms. The second-order valence-corrected chi connectivity index (χ2v) is 5.26. The van der Waals surface area contributed by atoms with E-state index in [0.717, 1.165) is 11.1 Å². The summed E-state index contributed by atoms with van der Waals surface area (Å²) in [6.45, 7) is 7.93. The average Bonchev–Trinajstić information content (AvgIpc) is 2.26. The van der Waals surface area contributed by atoms with Crippen LogP contribution in [-0.2, 0) is 15.0 Å². The molecule has 0 aliphatic carbocycles. The van der Waals surface area contributed by atoms with Crippen molar-refractivity contribution < 1.29 is 14.7 Å². The van der Waals surface area contributed by atoms with Gasteiger partial charge in [-0.15, -0.1) is 0 Å². The van der Waals surface area contributed by atoms with E-state index in [1.807, 2.05) is 24.3 Å². The lowest BCUT2D eigenvalue weighted by atomic mass is 9.85. The molecule has 17 heavy (non-hydrogen) atoms. The van der Waals surface area contributed by atoms with Gasteiger partial charge in [-0.3, -0.25) is 4.79 Å². The van der Waals surface area contributed by atoms with E-state index in [1.54, 1.807) is 6.92 Å². The lowest BCUT2D eigenvalue weighted by Gasteiger charge is -2.19. The maximum Gasteiger partial charge on any atom is 0.372 e. The summed E-state index contributed by atoms with van der Waals surface area (Å²) < 4.78 is 0. The summed E-state index contributed by atoms with van der Waals surface area (Å²) in [6, 6.07) is 7.54. The molecule has 0 heterocycles. The SMILES string of the molecule is CC(C(=O)C(=O)O)c1ccc(C(C)(C)C)cc1. The lowest BCUT2D eigenvalue weighted by molar-refractivity contribution is -0.149. The van der Waals surface area contributed by atoms with E-state index < -0.39 is 17.7 Å². The molecule has 0 fully saturated rings. The third-order valence-corrected chi connectivity index (χ3v) is 2.88. The van der Waals surface area contributed by atoms with Crippen molar-refractivity contribution >= 4 is 11.8 Å². The highest BCUT2D eigenvalue weighted by Crippen LogP contribution is 2.24. The minimum atomic E-state index is -1.38. The number of carboxylic acid groups (broad SMARTS) is 1. The number of aliphatic carboxylic acids is 1. The fourth-order valence-electron chi connectivity index (χ4n) is 1.61. The molecule has 1 aromatic carbocycles. The van der Waals surface area contributed by atoms with E-state index in [-0.39, 0.29) is 5.41 Å². The molecular weight excluding hydrogens is 216 g/mol. The molecule has 92 valence electrons. The third kappa shape index (κ3) is 3.16. The summed E-state index contributed by atoms with van der Waals surface area (Å²) >= 11 is 0. The van der Waals surface area contributed by atoms with Crippen LogP contribution in [0.5, 0.6) is 0 Å². The monoisotopic (exact) mass is 234 g/mol. The third-order valence-electron chi connectivity index (χ3n) is 2.88. The highest BCUT2D eigenvalue weighted by Gasteiger charge is 2.22. The Kier molecular flexibility index (Phi) is 3.71. The van der Waals surface area contributed by atoms with Gasteiger partial charge in [0.05, 0.1) is 5.92 Å². The Morgan fingerprint density at radius 1 is 1.12 bits per heavy atom. The summed E-state index contributed by atoms with van der Waals surface area (Å²) in [6.07, 6.45) is 0. The van der Waals surface area contributed by atoms with Gasteiger partial charge >= 0.3 is 5.97 Å². The quantitative estimate of drug-likeness (QED) is 0.818. The first kappa shape index (κ1) is 13.4. The van der Waals surface area contributed by atoms with Gasteiger partial charge in [0.15, 0.2) is 0 Å². The Balaban J connectivity index is 2.96. The van der Waals surface area contributed by atoms with Crippen LogP contribution in [0.4, 0.5) is 0 Å². The molecule has 0 bridgehead atoms. The topological polar surface area (TPSA) is 54.4 Å². The first-order valence-electron chi connectivity index (χ1n) is 5.61. The molecule has 1 N–H and O–H groups in total. The van der Waals surface area contributed by atoms with Crippen LogP contribution < -0.4 is 0 Å². The first-order chi connectivity index (χ1) is 7.73. The molecule has 0 saturated heterocycles. The van der Waals surface area contributed by atoms with Gasteiger partial charge < -0.3 is 5.11 Å². The van der Waals surface area contributed by atoms with Crippen molar-refractivity contribution in [3.05, 3.63) is 35.4 Å². The fraction of sp³-hybridized carbons (Fsp3) is 0.429. The lowest BCUT2D eigenvalue weighted by Crippen LogP contribution is -2.19. The summed E-state index contributed by atoms with van der Waals surface area (Å²) in [5.74, 6) is -2.74. The van der Waals surface area contributed by atoms with Gasteiger partial charge in [0, 0.05) is 0 Å². The summed E-state index contributed by atoms with van der Waals surface area (Å²) in [5.41, 5.74) is 1.96. The molecular formula is C14H18O3. The molecule has 0 aromatic heterocycles. The Hall–Kier alpha value is -1.64. The maximum atomic E-state index is 11.3. The van der Waals surface area contributed by atoms with Crippen LogP contribution in [0.25, 0.3) is 0 Å². The number of Topliss-reactive ketones (excluding diaryl/α,β-unsaturated/α-hetero) is 1. The normalized spacial score (nSPS) is 13.2. The molecule has 0 saturated carbocycles. The van der Waals surface area contributed by atoms with E-state index in [4.69, 9.17) is 5.11 Å². The number of ketones is 1. The minimum absolute atomic E-state index is 0.0541. The van der Waals surface area contributed by atoms with Crippen molar-refractivity contribution in [1.29, 1.82) is 0 Å². The Morgan fingerprint density at radius 3 is 1.94 bits per heavy atom. The summed E-state index contributed by atoms with van der Waals surface area (Å²) in [5, 5.41) is 8.65. The molecule has 1 aromatic rings. The molecule has 3 nitrogen and oxygen atoms in total. The highest BCUT2D eigenvalue weighted by molar-refractivity contribution is 6.34. The van der Waals surface area contributed by atoms with E-state index in [1.165, 1.54) is 0 Å². The predicted octanol–water partition coefficient (Wildman–Crippen LogP) is 2.74. The minimum Gasteiger partial charge on any atom is -0.475 e.